The summed E-state index contributed by atoms with van der Waals surface area (Å²) in [6.45, 7) is 0. The summed E-state index contributed by atoms with van der Waals surface area (Å²) in [7, 11) is 0. The molecule has 0 amide bonds. The molecule has 0 radical (unpaired) electrons. The molecular formula is C17H13NO3. The van der Waals surface area contributed by atoms with Gasteiger partial charge in [-0.05, 0) is 5.56 Å². The van der Waals surface area contributed by atoms with Crippen molar-refractivity contribution in [2.75, 3.05) is 0 Å². The van der Waals surface area contributed by atoms with Crippen molar-refractivity contribution in [2.45, 2.75) is 0 Å². The van der Waals surface area contributed by atoms with Gasteiger partial charge in [-0.3, -0.25) is 14.9 Å². The minimum absolute atomic E-state index is 0.300. The number of Topliss-reactive ketones (excluding diaryl/α,β-unsaturated/α-hetero) is 1. The first-order valence-corrected chi connectivity index (χ1v) is 6.36. The van der Waals surface area contributed by atoms with Gasteiger partial charge >= 0.3 is 5.70 Å². The Kier molecular flexibility index (Phi) is 4.77. The highest BCUT2D eigenvalue weighted by molar-refractivity contribution is 6.07. The predicted octanol–water partition coefficient (Wildman–Crippen LogP) is 3.74. The van der Waals surface area contributed by atoms with Gasteiger partial charge in [-0.25, -0.2) is 0 Å². The maximum absolute atomic E-state index is 12.1. The Morgan fingerprint density at radius 1 is 0.952 bits per heavy atom. The van der Waals surface area contributed by atoms with Crippen molar-refractivity contribution in [2.24, 2.45) is 0 Å². The Morgan fingerprint density at radius 3 is 2.10 bits per heavy atom. The van der Waals surface area contributed by atoms with E-state index in [1.807, 2.05) is 30.3 Å². The maximum Gasteiger partial charge on any atom is 0.316 e. The lowest BCUT2D eigenvalue weighted by Gasteiger charge is -1.97. The molecule has 0 aliphatic heterocycles. The Morgan fingerprint density at radius 2 is 1.52 bits per heavy atom. The van der Waals surface area contributed by atoms with Crippen molar-refractivity contribution in [3.05, 3.63) is 99.8 Å². The Labute approximate surface area is 122 Å². The van der Waals surface area contributed by atoms with E-state index in [0.717, 1.165) is 5.56 Å². The number of allylic oxidation sites excluding steroid dienone is 3. The van der Waals surface area contributed by atoms with Crippen LogP contribution in [-0.4, -0.2) is 10.7 Å². The molecule has 2 aromatic rings. The van der Waals surface area contributed by atoms with Crippen molar-refractivity contribution < 1.29 is 9.72 Å². The molecule has 0 fully saturated rings. The highest BCUT2D eigenvalue weighted by atomic mass is 16.6. The summed E-state index contributed by atoms with van der Waals surface area (Å²) in [5, 5.41) is 11.0. The zero-order chi connectivity index (χ0) is 15.1. The molecule has 0 saturated heterocycles. The average molecular weight is 279 g/mol. The molecular weight excluding hydrogens is 266 g/mol. The molecule has 0 aromatic heterocycles. The van der Waals surface area contributed by atoms with Gasteiger partial charge in [0.1, 0.15) is 0 Å². The van der Waals surface area contributed by atoms with E-state index in [4.69, 9.17) is 0 Å². The molecule has 0 aliphatic rings. The molecule has 104 valence electrons. The minimum atomic E-state index is -0.662. The molecule has 0 heterocycles. The molecule has 4 nitrogen and oxygen atoms in total. The Bertz CT molecular complexity index is 688. The zero-order valence-electron chi connectivity index (χ0n) is 11.2. The number of rotatable bonds is 5. The molecule has 0 aliphatic carbocycles. The largest absolute Gasteiger partial charge is 0.316 e. The summed E-state index contributed by atoms with van der Waals surface area (Å²) in [4.78, 5) is 22.5. The first-order chi connectivity index (χ1) is 10.2. The van der Waals surface area contributed by atoms with E-state index in [1.54, 1.807) is 36.4 Å². The number of carbonyl (C=O) groups is 1. The third-order valence-corrected chi connectivity index (χ3v) is 2.81. The minimum Gasteiger partial charge on any atom is -0.282 e. The van der Waals surface area contributed by atoms with Gasteiger partial charge in [0, 0.05) is 11.6 Å². The lowest BCUT2D eigenvalue weighted by molar-refractivity contribution is -0.416. The van der Waals surface area contributed by atoms with Gasteiger partial charge < -0.3 is 0 Å². The number of carbonyl (C=O) groups excluding carboxylic acids is 1. The third kappa shape index (κ3) is 3.98. The van der Waals surface area contributed by atoms with Gasteiger partial charge in [0.15, 0.2) is 0 Å². The molecule has 0 atom stereocenters. The second-order valence-electron chi connectivity index (χ2n) is 4.27. The first-order valence-electron chi connectivity index (χ1n) is 6.36. The summed E-state index contributed by atoms with van der Waals surface area (Å²) in [5.41, 5.74) is 0.755. The standard InChI is InChI=1S/C17H13NO3/c19-17(15-11-5-2-6-12-15)16(18(20)21)13-7-10-14-8-3-1-4-9-14/h1-13H/b10-7+,16-13+. The van der Waals surface area contributed by atoms with E-state index in [9.17, 15) is 14.9 Å². The summed E-state index contributed by atoms with van der Waals surface area (Å²) in [6.07, 6.45) is 4.44. The lowest BCUT2D eigenvalue weighted by Crippen LogP contribution is -2.11. The van der Waals surface area contributed by atoms with Crippen LogP contribution in [-0.2, 0) is 0 Å². The number of nitro groups is 1. The van der Waals surface area contributed by atoms with E-state index < -0.39 is 16.4 Å². The number of benzene rings is 2. The molecule has 0 saturated carbocycles. The molecule has 0 N–H and O–H groups in total. The van der Waals surface area contributed by atoms with Gasteiger partial charge in [0.25, 0.3) is 5.78 Å². The topological polar surface area (TPSA) is 60.2 Å². The lowest BCUT2D eigenvalue weighted by atomic mass is 10.1. The second-order valence-corrected chi connectivity index (χ2v) is 4.27. The summed E-state index contributed by atoms with van der Waals surface area (Å²) in [6, 6.07) is 17.6. The van der Waals surface area contributed by atoms with Crippen molar-refractivity contribution in [3.63, 3.8) is 0 Å². The maximum atomic E-state index is 12.1. The van der Waals surface area contributed by atoms with Crippen LogP contribution in [0.15, 0.2) is 78.5 Å². The summed E-state index contributed by atoms with van der Waals surface area (Å²) < 4.78 is 0. The van der Waals surface area contributed by atoms with Crippen LogP contribution in [0.5, 0.6) is 0 Å². The quantitative estimate of drug-likeness (QED) is 0.275. The van der Waals surface area contributed by atoms with Crippen molar-refractivity contribution in [1.82, 2.24) is 0 Å². The molecule has 2 aromatic carbocycles. The second kappa shape index (κ2) is 6.96. The van der Waals surface area contributed by atoms with E-state index >= 15 is 0 Å². The molecule has 0 bridgehead atoms. The summed E-state index contributed by atoms with van der Waals surface area (Å²) >= 11 is 0. The monoisotopic (exact) mass is 279 g/mol. The Balaban J connectivity index is 2.23. The van der Waals surface area contributed by atoms with Crippen molar-refractivity contribution >= 4 is 11.9 Å². The highest BCUT2D eigenvalue weighted by Crippen LogP contribution is 2.10. The van der Waals surface area contributed by atoms with E-state index in [0.29, 0.717) is 5.56 Å². The smallest absolute Gasteiger partial charge is 0.282 e. The fourth-order valence-corrected chi connectivity index (χ4v) is 1.77. The first kappa shape index (κ1) is 14.4. The van der Waals surface area contributed by atoms with Crippen LogP contribution in [0.25, 0.3) is 6.08 Å². The van der Waals surface area contributed by atoms with Crippen LogP contribution in [0.3, 0.4) is 0 Å². The van der Waals surface area contributed by atoms with Crippen molar-refractivity contribution in [3.8, 4) is 0 Å². The fraction of sp³-hybridized carbons (Fsp3) is 0. The third-order valence-electron chi connectivity index (χ3n) is 2.81. The molecule has 2 rings (SSSR count). The molecule has 21 heavy (non-hydrogen) atoms. The number of hydrogen-bond donors (Lipinski definition) is 0. The average Bonchev–Trinajstić information content (AvgIpc) is 2.52. The number of nitrogens with zero attached hydrogens (tertiary/aromatic N) is 1. The predicted molar refractivity (Wildman–Crippen MR) is 81.3 cm³/mol. The summed E-state index contributed by atoms with van der Waals surface area (Å²) in [5.74, 6) is -0.599. The van der Waals surface area contributed by atoms with Gasteiger partial charge in [-0.15, -0.1) is 0 Å². The molecule has 0 spiro atoms. The van der Waals surface area contributed by atoms with Gasteiger partial charge in [0.05, 0.1) is 4.92 Å². The van der Waals surface area contributed by atoms with Crippen LogP contribution in [0.2, 0.25) is 0 Å². The number of ketones is 1. The SMILES string of the molecule is O=C(/C(=C\C=C\c1ccccc1)[N+](=O)[O-])c1ccccc1. The normalized spacial score (nSPS) is 11.5. The van der Waals surface area contributed by atoms with Gasteiger partial charge in [-0.2, -0.15) is 0 Å². The van der Waals surface area contributed by atoms with Crippen LogP contribution >= 0.6 is 0 Å². The van der Waals surface area contributed by atoms with Gasteiger partial charge in [-0.1, -0.05) is 72.8 Å². The number of hydrogen-bond acceptors (Lipinski definition) is 3. The zero-order valence-corrected chi connectivity index (χ0v) is 11.2. The Hall–Kier alpha value is -3.01. The van der Waals surface area contributed by atoms with Gasteiger partial charge in [0.2, 0.25) is 0 Å². The molecule has 4 heteroatoms. The van der Waals surface area contributed by atoms with Crippen LogP contribution in [0.1, 0.15) is 15.9 Å². The van der Waals surface area contributed by atoms with Crippen LogP contribution < -0.4 is 0 Å². The van der Waals surface area contributed by atoms with E-state index in [-0.39, 0.29) is 0 Å². The van der Waals surface area contributed by atoms with E-state index in [1.165, 1.54) is 12.2 Å². The fourth-order valence-electron chi connectivity index (χ4n) is 1.77. The highest BCUT2D eigenvalue weighted by Gasteiger charge is 2.22. The van der Waals surface area contributed by atoms with E-state index in [2.05, 4.69) is 0 Å². The van der Waals surface area contributed by atoms with Crippen LogP contribution in [0, 0.1) is 10.1 Å². The molecule has 0 unspecified atom stereocenters. The van der Waals surface area contributed by atoms with Crippen LogP contribution in [0.4, 0.5) is 0 Å². The van der Waals surface area contributed by atoms with Crippen molar-refractivity contribution in [1.29, 1.82) is 0 Å².